The molecule has 0 saturated heterocycles. The summed E-state index contributed by atoms with van der Waals surface area (Å²) in [6.07, 6.45) is 0. The second kappa shape index (κ2) is 5.44. The van der Waals surface area contributed by atoms with Crippen molar-refractivity contribution in [2.75, 3.05) is 12.8 Å². The van der Waals surface area contributed by atoms with Crippen LogP contribution in [0.3, 0.4) is 0 Å². The predicted octanol–water partition coefficient (Wildman–Crippen LogP) is 0.411. The van der Waals surface area contributed by atoms with Crippen LogP contribution >= 0.6 is 0 Å². The molecule has 4 N–H and O–H groups in total. The zero-order valence-corrected chi connectivity index (χ0v) is 9.88. The van der Waals surface area contributed by atoms with Gasteiger partial charge in [0.1, 0.15) is 17.7 Å². The molecule has 5 nitrogen and oxygen atoms in total. The largest absolute Gasteiger partial charge is 0.396 e. The minimum absolute atomic E-state index is 0.339. The van der Waals surface area contributed by atoms with E-state index in [-0.39, 0.29) is 5.69 Å². The predicted molar refractivity (Wildman–Crippen MR) is 61.8 cm³/mol. The van der Waals surface area contributed by atoms with E-state index in [0.717, 1.165) is 6.07 Å². The summed E-state index contributed by atoms with van der Waals surface area (Å²) in [4.78, 5) is 22.8. The van der Waals surface area contributed by atoms with Crippen LogP contribution in [0.15, 0.2) is 12.1 Å². The molecule has 98 valence electrons. The van der Waals surface area contributed by atoms with Crippen molar-refractivity contribution in [3.63, 3.8) is 0 Å². The van der Waals surface area contributed by atoms with Gasteiger partial charge in [0.05, 0.1) is 11.3 Å². The summed E-state index contributed by atoms with van der Waals surface area (Å²) in [5, 5.41) is 4.59. The van der Waals surface area contributed by atoms with Crippen molar-refractivity contribution in [2.24, 2.45) is 0 Å². The number of hydrogen-bond donors (Lipinski definition) is 3. The molecular formula is C11H13F2N3O2. The topological polar surface area (TPSA) is 84.2 Å². The fourth-order valence-corrected chi connectivity index (χ4v) is 1.30. The lowest BCUT2D eigenvalue weighted by molar-refractivity contribution is -0.122. The van der Waals surface area contributed by atoms with Crippen molar-refractivity contribution in [3.8, 4) is 0 Å². The van der Waals surface area contributed by atoms with Crippen LogP contribution in [0.2, 0.25) is 0 Å². The van der Waals surface area contributed by atoms with Crippen LogP contribution in [-0.4, -0.2) is 24.9 Å². The molecule has 1 aromatic rings. The van der Waals surface area contributed by atoms with Crippen LogP contribution in [0.25, 0.3) is 0 Å². The summed E-state index contributed by atoms with van der Waals surface area (Å²) in [6.45, 7) is 1.43. The summed E-state index contributed by atoms with van der Waals surface area (Å²) in [5.41, 5.74) is 4.49. The van der Waals surface area contributed by atoms with Crippen molar-refractivity contribution in [1.29, 1.82) is 0 Å². The van der Waals surface area contributed by atoms with Gasteiger partial charge in [-0.15, -0.1) is 0 Å². The maximum absolute atomic E-state index is 13.4. The number of hydrogen-bond acceptors (Lipinski definition) is 3. The lowest BCUT2D eigenvalue weighted by Gasteiger charge is -2.13. The van der Waals surface area contributed by atoms with Crippen LogP contribution in [0, 0.1) is 11.6 Å². The maximum atomic E-state index is 13.4. The van der Waals surface area contributed by atoms with Crippen molar-refractivity contribution >= 4 is 17.5 Å². The molecular weight excluding hydrogens is 244 g/mol. The fourth-order valence-electron chi connectivity index (χ4n) is 1.30. The normalized spacial score (nSPS) is 11.8. The summed E-state index contributed by atoms with van der Waals surface area (Å²) >= 11 is 0. The summed E-state index contributed by atoms with van der Waals surface area (Å²) in [6, 6.07) is 0.568. The average Bonchev–Trinajstić information content (AvgIpc) is 2.32. The molecule has 0 aliphatic heterocycles. The van der Waals surface area contributed by atoms with Gasteiger partial charge in [0.15, 0.2) is 0 Å². The van der Waals surface area contributed by atoms with Crippen LogP contribution in [-0.2, 0) is 4.79 Å². The standard InChI is InChI=1S/C11H13F2N3O2/c1-5(10(17)15-2)16-11(18)6-3-9(14)8(13)4-7(6)12/h3-5H,14H2,1-2H3,(H,15,17)(H,16,18). The average molecular weight is 257 g/mol. The van der Waals surface area contributed by atoms with Gasteiger partial charge in [0, 0.05) is 13.1 Å². The number of nitrogen functional groups attached to an aromatic ring is 1. The third kappa shape index (κ3) is 2.93. The molecule has 0 saturated carbocycles. The number of carbonyl (C=O) groups excluding carboxylic acids is 2. The highest BCUT2D eigenvalue weighted by Crippen LogP contribution is 2.16. The van der Waals surface area contributed by atoms with Crippen molar-refractivity contribution in [2.45, 2.75) is 13.0 Å². The first kappa shape index (κ1) is 13.9. The Morgan fingerprint density at radius 1 is 1.28 bits per heavy atom. The van der Waals surface area contributed by atoms with Gasteiger partial charge >= 0.3 is 0 Å². The SMILES string of the molecule is CNC(=O)C(C)NC(=O)c1cc(N)c(F)cc1F. The Balaban J connectivity index is 2.91. The van der Waals surface area contributed by atoms with Gasteiger partial charge in [0.25, 0.3) is 5.91 Å². The number of halogens is 2. The highest BCUT2D eigenvalue weighted by atomic mass is 19.1. The minimum Gasteiger partial charge on any atom is -0.396 e. The molecule has 0 aliphatic rings. The van der Waals surface area contributed by atoms with Crippen LogP contribution in [0.5, 0.6) is 0 Å². The van der Waals surface area contributed by atoms with E-state index in [4.69, 9.17) is 5.73 Å². The van der Waals surface area contributed by atoms with E-state index >= 15 is 0 Å². The molecule has 2 amide bonds. The first-order valence-electron chi connectivity index (χ1n) is 5.13. The van der Waals surface area contributed by atoms with Gasteiger partial charge in [-0.2, -0.15) is 0 Å². The Morgan fingerprint density at radius 3 is 2.44 bits per heavy atom. The van der Waals surface area contributed by atoms with Gasteiger partial charge in [-0.05, 0) is 13.0 Å². The summed E-state index contributed by atoms with van der Waals surface area (Å²) in [7, 11) is 1.40. The highest BCUT2D eigenvalue weighted by Gasteiger charge is 2.19. The monoisotopic (exact) mass is 257 g/mol. The number of benzene rings is 1. The third-order valence-corrected chi connectivity index (χ3v) is 2.32. The summed E-state index contributed by atoms with van der Waals surface area (Å²) in [5.74, 6) is -3.25. The van der Waals surface area contributed by atoms with Crippen molar-refractivity contribution in [3.05, 3.63) is 29.3 Å². The van der Waals surface area contributed by atoms with Crippen LogP contribution < -0.4 is 16.4 Å². The number of likely N-dealkylation sites (N-methyl/N-ethyl adjacent to an activating group) is 1. The molecule has 0 aromatic heterocycles. The molecule has 0 spiro atoms. The van der Waals surface area contributed by atoms with Crippen LogP contribution in [0.4, 0.5) is 14.5 Å². The minimum atomic E-state index is -1.04. The van der Waals surface area contributed by atoms with E-state index < -0.39 is 35.1 Å². The molecule has 1 rings (SSSR count). The van der Waals surface area contributed by atoms with Gasteiger partial charge in [-0.3, -0.25) is 9.59 Å². The van der Waals surface area contributed by atoms with Gasteiger partial charge in [-0.1, -0.05) is 0 Å². The number of amides is 2. The van der Waals surface area contributed by atoms with Gasteiger partial charge in [0.2, 0.25) is 5.91 Å². The summed E-state index contributed by atoms with van der Waals surface area (Å²) < 4.78 is 26.3. The Morgan fingerprint density at radius 2 is 1.89 bits per heavy atom. The number of anilines is 1. The molecule has 0 radical (unpaired) electrons. The second-order valence-electron chi connectivity index (χ2n) is 3.66. The Labute approximate surface area is 102 Å². The molecule has 18 heavy (non-hydrogen) atoms. The van der Waals surface area contributed by atoms with Crippen molar-refractivity contribution < 1.29 is 18.4 Å². The van der Waals surface area contributed by atoms with E-state index in [9.17, 15) is 18.4 Å². The molecule has 1 atom stereocenters. The third-order valence-electron chi connectivity index (χ3n) is 2.32. The molecule has 0 fully saturated rings. The zero-order valence-electron chi connectivity index (χ0n) is 9.88. The first-order valence-corrected chi connectivity index (χ1v) is 5.13. The molecule has 7 heteroatoms. The maximum Gasteiger partial charge on any atom is 0.254 e. The number of nitrogens with one attached hydrogen (secondary N) is 2. The van der Waals surface area contributed by atoms with E-state index in [0.29, 0.717) is 6.07 Å². The molecule has 0 aliphatic carbocycles. The highest BCUT2D eigenvalue weighted by molar-refractivity contribution is 5.98. The molecule has 0 bridgehead atoms. The van der Waals surface area contributed by atoms with Gasteiger partial charge < -0.3 is 16.4 Å². The number of carbonyl (C=O) groups is 2. The Hall–Kier alpha value is -2.18. The second-order valence-corrected chi connectivity index (χ2v) is 3.66. The van der Waals surface area contributed by atoms with E-state index in [1.54, 1.807) is 0 Å². The number of nitrogens with two attached hydrogens (primary N) is 1. The van der Waals surface area contributed by atoms with E-state index in [2.05, 4.69) is 10.6 Å². The molecule has 1 aromatic carbocycles. The lowest BCUT2D eigenvalue weighted by Crippen LogP contribution is -2.43. The quantitative estimate of drug-likeness (QED) is 0.686. The fraction of sp³-hybridized carbons (Fsp3) is 0.273. The Bertz CT molecular complexity index is 491. The van der Waals surface area contributed by atoms with Gasteiger partial charge in [-0.25, -0.2) is 8.78 Å². The van der Waals surface area contributed by atoms with Crippen molar-refractivity contribution in [1.82, 2.24) is 10.6 Å². The first-order chi connectivity index (χ1) is 8.36. The smallest absolute Gasteiger partial charge is 0.254 e. The van der Waals surface area contributed by atoms with E-state index in [1.165, 1.54) is 14.0 Å². The lowest BCUT2D eigenvalue weighted by atomic mass is 10.1. The molecule has 1 unspecified atom stereocenters. The number of rotatable bonds is 3. The van der Waals surface area contributed by atoms with E-state index in [1.807, 2.05) is 0 Å². The molecule has 0 heterocycles. The van der Waals surface area contributed by atoms with Crippen LogP contribution in [0.1, 0.15) is 17.3 Å². The zero-order chi connectivity index (χ0) is 13.9. The Kier molecular flexibility index (Phi) is 4.19.